The summed E-state index contributed by atoms with van der Waals surface area (Å²) in [6, 6.07) is 3.07. The van der Waals surface area contributed by atoms with Gasteiger partial charge in [0.2, 0.25) is 0 Å². The van der Waals surface area contributed by atoms with Gasteiger partial charge >= 0.3 is 11.9 Å². The summed E-state index contributed by atoms with van der Waals surface area (Å²) < 4.78 is 14.8. The first-order valence-electron chi connectivity index (χ1n) is 9.48. The molecule has 0 amide bonds. The molecule has 9 N–H and O–H groups in total. The summed E-state index contributed by atoms with van der Waals surface area (Å²) in [6.45, 7) is -0.749. The van der Waals surface area contributed by atoms with Crippen LogP contribution in [0.5, 0.6) is 34.5 Å². The van der Waals surface area contributed by atoms with Crippen molar-refractivity contribution in [3.05, 3.63) is 35.4 Å². The summed E-state index contributed by atoms with van der Waals surface area (Å²) in [5.74, 6) is -7.48. The van der Waals surface area contributed by atoms with Crippen LogP contribution in [-0.2, 0) is 14.2 Å². The number of phenolic OH excluding ortho intramolecular Hbond substituents is 6. The molecule has 1 fully saturated rings. The van der Waals surface area contributed by atoms with E-state index in [1.165, 1.54) is 0 Å². The van der Waals surface area contributed by atoms with E-state index in [4.69, 9.17) is 14.2 Å². The number of aliphatic hydroxyl groups is 3. The number of rotatable bonds is 5. The molecule has 0 radical (unpaired) electrons. The quantitative estimate of drug-likeness (QED) is 0.178. The molecule has 3 rings (SSSR count). The first kappa shape index (κ1) is 24.7. The molecule has 1 aliphatic rings. The van der Waals surface area contributed by atoms with E-state index in [0.29, 0.717) is 0 Å². The minimum absolute atomic E-state index is 0.381. The van der Waals surface area contributed by atoms with Crippen molar-refractivity contribution < 1.29 is 69.8 Å². The predicted octanol–water partition coefficient (Wildman–Crippen LogP) is -1.26. The normalized spacial score (nSPS) is 24.4. The third-order valence-electron chi connectivity index (χ3n) is 4.89. The van der Waals surface area contributed by atoms with E-state index in [9.17, 15) is 55.5 Å². The fraction of sp³-hybridized carbons (Fsp3) is 0.300. The van der Waals surface area contributed by atoms with Crippen LogP contribution in [0.4, 0.5) is 0 Å². The molecule has 1 unspecified atom stereocenters. The van der Waals surface area contributed by atoms with Gasteiger partial charge in [0.1, 0.15) is 24.9 Å². The Morgan fingerprint density at radius 2 is 1.18 bits per heavy atom. The molecular formula is C20H20O14. The molecule has 0 aromatic heterocycles. The smallest absolute Gasteiger partial charge is 0.338 e. The van der Waals surface area contributed by atoms with Crippen LogP contribution in [0.25, 0.3) is 0 Å². The maximum Gasteiger partial charge on any atom is 0.338 e. The molecule has 1 saturated heterocycles. The average molecular weight is 484 g/mol. The van der Waals surface area contributed by atoms with E-state index < -0.39 is 89.3 Å². The number of aliphatic hydroxyl groups excluding tert-OH is 3. The fourth-order valence-corrected chi connectivity index (χ4v) is 3.07. The summed E-state index contributed by atoms with van der Waals surface area (Å²) in [4.78, 5) is 24.5. The minimum atomic E-state index is -1.99. The van der Waals surface area contributed by atoms with Crippen molar-refractivity contribution in [3.63, 3.8) is 0 Å². The van der Waals surface area contributed by atoms with Crippen LogP contribution < -0.4 is 0 Å². The lowest BCUT2D eigenvalue weighted by atomic mass is 9.99. The number of hydrogen-bond donors (Lipinski definition) is 9. The number of aromatic hydroxyl groups is 6. The highest BCUT2D eigenvalue weighted by Crippen LogP contribution is 2.37. The maximum atomic E-state index is 12.4. The zero-order valence-electron chi connectivity index (χ0n) is 17.0. The Labute approximate surface area is 189 Å². The number of carbonyl (C=O) groups excluding carboxylic acids is 2. The van der Waals surface area contributed by atoms with Gasteiger partial charge < -0.3 is 60.2 Å². The number of carbonyl (C=O) groups is 2. The number of esters is 2. The van der Waals surface area contributed by atoms with Crippen molar-refractivity contribution in [2.24, 2.45) is 0 Å². The molecular weight excluding hydrogens is 464 g/mol. The van der Waals surface area contributed by atoms with Gasteiger partial charge in [-0.3, -0.25) is 0 Å². The van der Waals surface area contributed by atoms with E-state index in [1.807, 2.05) is 0 Å². The molecule has 14 heteroatoms. The van der Waals surface area contributed by atoms with Crippen LogP contribution in [0.2, 0.25) is 0 Å². The van der Waals surface area contributed by atoms with Crippen molar-refractivity contribution >= 4 is 11.9 Å². The molecule has 1 aliphatic heterocycles. The molecule has 2 aromatic rings. The van der Waals surface area contributed by atoms with Crippen LogP contribution >= 0.6 is 0 Å². The number of phenols is 6. The van der Waals surface area contributed by atoms with Gasteiger partial charge in [0.05, 0.1) is 11.1 Å². The van der Waals surface area contributed by atoms with Gasteiger partial charge in [0.25, 0.3) is 0 Å². The Morgan fingerprint density at radius 1 is 0.735 bits per heavy atom. The minimum Gasteiger partial charge on any atom is -0.504 e. The molecule has 2 aromatic carbocycles. The number of hydrogen-bond acceptors (Lipinski definition) is 14. The van der Waals surface area contributed by atoms with Crippen molar-refractivity contribution in [3.8, 4) is 34.5 Å². The highest BCUT2D eigenvalue weighted by molar-refractivity contribution is 5.91. The van der Waals surface area contributed by atoms with Crippen molar-refractivity contribution in [1.29, 1.82) is 0 Å². The first-order valence-corrected chi connectivity index (χ1v) is 9.48. The summed E-state index contributed by atoms with van der Waals surface area (Å²) in [6.07, 6.45) is -9.14. The average Bonchev–Trinajstić information content (AvgIpc) is 2.79. The van der Waals surface area contributed by atoms with E-state index in [-0.39, 0.29) is 5.56 Å². The van der Waals surface area contributed by atoms with Gasteiger partial charge in [0.15, 0.2) is 46.9 Å². The second kappa shape index (κ2) is 9.48. The second-order valence-electron chi connectivity index (χ2n) is 7.24. The van der Waals surface area contributed by atoms with Crippen LogP contribution in [-0.4, -0.2) is 95.2 Å². The molecule has 14 nitrogen and oxygen atoms in total. The Kier molecular flexibility index (Phi) is 6.88. The van der Waals surface area contributed by atoms with E-state index >= 15 is 0 Å². The molecule has 34 heavy (non-hydrogen) atoms. The van der Waals surface area contributed by atoms with Crippen LogP contribution in [0.15, 0.2) is 24.3 Å². The molecule has 0 bridgehead atoms. The Balaban J connectivity index is 1.71. The summed E-state index contributed by atoms with van der Waals surface area (Å²) in [7, 11) is 0. The second-order valence-corrected chi connectivity index (χ2v) is 7.24. The lowest BCUT2D eigenvalue weighted by Gasteiger charge is -2.39. The van der Waals surface area contributed by atoms with Crippen molar-refractivity contribution in [2.45, 2.75) is 30.7 Å². The molecule has 184 valence electrons. The highest BCUT2D eigenvalue weighted by atomic mass is 16.7. The Hall–Kier alpha value is -3.98. The standard InChI is InChI=1S/C20H20O14/c21-8-1-6(2-9(22)13(8)25)18(29)32-5-12-15(27)17(16(28)20(31)33-12)34-19(30)7-3-10(23)14(26)11(24)4-7/h1-4,12,15-17,20-28,31H,5H2/t12-,15-,16-,17+,20?/m1/s1. The van der Waals surface area contributed by atoms with Crippen LogP contribution in [0.3, 0.4) is 0 Å². The van der Waals surface area contributed by atoms with Gasteiger partial charge in [-0.25, -0.2) is 9.59 Å². The molecule has 0 aliphatic carbocycles. The van der Waals surface area contributed by atoms with Gasteiger partial charge in [-0.15, -0.1) is 0 Å². The lowest BCUT2D eigenvalue weighted by Crippen LogP contribution is -2.60. The summed E-state index contributed by atoms with van der Waals surface area (Å²) in [5.41, 5.74) is -0.850. The molecule has 0 saturated carbocycles. The van der Waals surface area contributed by atoms with E-state index in [1.54, 1.807) is 0 Å². The van der Waals surface area contributed by atoms with Gasteiger partial charge in [-0.1, -0.05) is 0 Å². The summed E-state index contributed by atoms with van der Waals surface area (Å²) in [5, 5.41) is 87.1. The largest absolute Gasteiger partial charge is 0.504 e. The predicted molar refractivity (Wildman–Crippen MR) is 105 cm³/mol. The SMILES string of the molecule is O=C(OC[C@H]1OC(O)[C@H](O)[C@@H](OC(=O)c2cc(O)c(O)c(O)c2)[C@@H]1O)c1cc(O)c(O)c(O)c1. The maximum absolute atomic E-state index is 12.4. The molecule has 1 heterocycles. The summed E-state index contributed by atoms with van der Waals surface area (Å²) >= 11 is 0. The monoisotopic (exact) mass is 484 g/mol. The van der Waals surface area contributed by atoms with Crippen molar-refractivity contribution in [2.75, 3.05) is 6.61 Å². The zero-order chi connectivity index (χ0) is 25.3. The first-order chi connectivity index (χ1) is 15.9. The van der Waals surface area contributed by atoms with Crippen molar-refractivity contribution in [1.82, 2.24) is 0 Å². The highest BCUT2D eigenvalue weighted by Gasteiger charge is 2.47. The fourth-order valence-electron chi connectivity index (χ4n) is 3.07. The van der Waals surface area contributed by atoms with Gasteiger partial charge in [0, 0.05) is 0 Å². The third-order valence-corrected chi connectivity index (χ3v) is 4.89. The van der Waals surface area contributed by atoms with E-state index in [2.05, 4.69) is 0 Å². The van der Waals surface area contributed by atoms with Gasteiger partial charge in [-0.05, 0) is 24.3 Å². The van der Waals surface area contributed by atoms with Gasteiger partial charge in [-0.2, -0.15) is 0 Å². The van der Waals surface area contributed by atoms with Crippen LogP contribution in [0.1, 0.15) is 20.7 Å². The number of benzene rings is 2. The number of ether oxygens (including phenoxy) is 3. The Bertz CT molecular complexity index is 1050. The topological polar surface area (TPSA) is 244 Å². The molecule has 5 atom stereocenters. The third kappa shape index (κ3) is 4.84. The zero-order valence-corrected chi connectivity index (χ0v) is 17.0. The van der Waals surface area contributed by atoms with Crippen LogP contribution in [0, 0.1) is 0 Å². The van der Waals surface area contributed by atoms with E-state index in [0.717, 1.165) is 24.3 Å². The molecule has 0 spiro atoms. The lowest BCUT2D eigenvalue weighted by molar-refractivity contribution is -0.285. The Morgan fingerprint density at radius 3 is 1.65 bits per heavy atom.